The first kappa shape index (κ1) is 21.7. The third-order valence-electron chi connectivity index (χ3n) is 8.30. The van der Waals surface area contributed by atoms with Crippen LogP contribution in [0.3, 0.4) is 0 Å². The molecule has 4 aliphatic rings. The first-order chi connectivity index (χ1) is 15.5. The van der Waals surface area contributed by atoms with Gasteiger partial charge in [-0.2, -0.15) is 0 Å². The number of pyridine rings is 1. The molecule has 7 nitrogen and oxygen atoms in total. The molecule has 174 valence electrons. The van der Waals surface area contributed by atoms with Gasteiger partial charge in [-0.15, -0.1) is 0 Å². The van der Waals surface area contributed by atoms with Gasteiger partial charge in [-0.3, -0.25) is 9.59 Å². The Balaban J connectivity index is 1.22. The molecular weight excluding hydrogens is 404 g/mol. The summed E-state index contributed by atoms with van der Waals surface area (Å²) in [6.45, 7) is 2.47. The minimum Gasteiger partial charge on any atom is -0.393 e. The molecule has 5 rings (SSSR count). The summed E-state index contributed by atoms with van der Waals surface area (Å²) in [6.07, 6.45) is 12.1. The number of aliphatic hydroxyl groups excluding tert-OH is 1. The van der Waals surface area contributed by atoms with E-state index in [1.807, 2.05) is 12.1 Å². The molecule has 2 N–H and O–H groups in total. The molecule has 2 amide bonds. The molecule has 0 unspecified atom stereocenters. The number of carbonyl (C=O) groups is 2. The number of nitrogens with one attached hydrogen (secondary N) is 1. The molecule has 0 aromatic carbocycles. The van der Waals surface area contributed by atoms with Crippen molar-refractivity contribution < 1.29 is 14.7 Å². The van der Waals surface area contributed by atoms with Crippen LogP contribution >= 0.6 is 0 Å². The van der Waals surface area contributed by atoms with Crippen LogP contribution in [0.2, 0.25) is 0 Å². The Labute approximate surface area is 190 Å². The smallest absolute Gasteiger partial charge is 0.230 e. The molecule has 0 bridgehead atoms. The molecule has 2 aliphatic heterocycles. The molecule has 3 heterocycles. The largest absolute Gasteiger partial charge is 0.393 e. The molecule has 2 saturated carbocycles. The maximum Gasteiger partial charge on any atom is 0.230 e. The maximum atomic E-state index is 13.5. The van der Waals surface area contributed by atoms with Gasteiger partial charge in [0.1, 0.15) is 5.82 Å². The minimum atomic E-state index is -0.300. The van der Waals surface area contributed by atoms with Crippen molar-refractivity contribution in [3.8, 4) is 0 Å². The molecule has 2 aliphatic carbocycles. The summed E-state index contributed by atoms with van der Waals surface area (Å²) < 4.78 is 0. The quantitative estimate of drug-likeness (QED) is 0.750. The highest BCUT2D eigenvalue weighted by Crippen LogP contribution is 2.43. The van der Waals surface area contributed by atoms with E-state index < -0.39 is 0 Å². The molecule has 4 fully saturated rings. The first-order valence-corrected chi connectivity index (χ1v) is 12.6. The molecule has 1 aromatic rings. The van der Waals surface area contributed by atoms with Crippen molar-refractivity contribution in [3.63, 3.8) is 0 Å². The summed E-state index contributed by atoms with van der Waals surface area (Å²) >= 11 is 0. The molecule has 1 atom stereocenters. The van der Waals surface area contributed by atoms with Gasteiger partial charge >= 0.3 is 0 Å². The predicted molar refractivity (Wildman–Crippen MR) is 123 cm³/mol. The van der Waals surface area contributed by atoms with Crippen molar-refractivity contribution in [3.05, 3.63) is 18.3 Å². The molecule has 32 heavy (non-hydrogen) atoms. The summed E-state index contributed by atoms with van der Waals surface area (Å²) in [5.74, 6) is 1.44. The SMILES string of the molecule is O=C(Nc1ccc(N2CCC[C@@]3(CCN(C4CCC(O)CC4)C3=O)C2)nc1)C1CCCC1. The average molecular weight is 441 g/mol. The highest BCUT2D eigenvalue weighted by molar-refractivity contribution is 5.92. The number of anilines is 2. The fraction of sp³-hybridized carbons (Fsp3) is 0.720. The Hall–Kier alpha value is -2.15. The normalized spacial score (nSPS) is 31.5. The van der Waals surface area contributed by atoms with Crippen molar-refractivity contribution in [2.45, 2.75) is 82.8 Å². The van der Waals surface area contributed by atoms with E-state index >= 15 is 0 Å². The lowest BCUT2D eigenvalue weighted by Gasteiger charge is -2.41. The van der Waals surface area contributed by atoms with Gasteiger partial charge in [-0.05, 0) is 69.9 Å². The fourth-order valence-electron chi connectivity index (χ4n) is 6.35. The lowest BCUT2D eigenvalue weighted by atomic mass is 9.78. The zero-order valence-electron chi connectivity index (χ0n) is 19.0. The number of aromatic nitrogens is 1. The van der Waals surface area contributed by atoms with Crippen molar-refractivity contribution >= 4 is 23.3 Å². The number of aliphatic hydroxyl groups is 1. The topological polar surface area (TPSA) is 85.8 Å². The Morgan fingerprint density at radius 3 is 2.53 bits per heavy atom. The average Bonchev–Trinajstić information content (AvgIpc) is 3.45. The van der Waals surface area contributed by atoms with E-state index in [-0.39, 0.29) is 23.3 Å². The van der Waals surface area contributed by atoms with Gasteiger partial charge in [0.25, 0.3) is 0 Å². The molecule has 2 saturated heterocycles. The third kappa shape index (κ3) is 4.24. The van der Waals surface area contributed by atoms with E-state index in [0.717, 1.165) is 102 Å². The standard InChI is InChI=1S/C25H36N4O3/c30-21-9-7-20(8-10-21)29-15-13-25(24(29)32)12-3-14-28(17-25)22-11-6-19(16-26-22)27-23(31)18-4-1-2-5-18/h6,11,16,18,20-21,30H,1-5,7-10,12-15,17H2,(H,27,31)/t20?,21?,25-/m1/s1. The van der Waals surface area contributed by atoms with Crippen LogP contribution in [0.15, 0.2) is 18.3 Å². The fourth-order valence-corrected chi connectivity index (χ4v) is 6.35. The summed E-state index contributed by atoms with van der Waals surface area (Å²) in [4.78, 5) is 34.9. The molecular formula is C25H36N4O3. The van der Waals surface area contributed by atoms with E-state index in [2.05, 4.69) is 20.1 Å². The van der Waals surface area contributed by atoms with E-state index in [0.29, 0.717) is 11.9 Å². The number of piperidine rings is 1. The van der Waals surface area contributed by atoms with Crippen molar-refractivity contribution in [2.24, 2.45) is 11.3 Å². The first-order valence-electron chi connectivity index (χ1n) is 12.6. The van der Waals surface area contributed by atoms with Gasteiger partial charge in [0.05, 0.1) is 23.4 Å². The molecule has 1 spiro atoms. The number of likely N-dealkylation sites (tertiary alicyclic amines) is 1. The number of nitrogens with zero attached hydrogens (tertiary/aromatic N) is 3. The Kier molecular flexibility index (Phi) is 6.10. The molecule has 0 radical (unpaired) electrons. The van der Waals surface area contributed by atoms with E-state index in [9.17, 15) is 14.7 Å². The van der Waals surface area contributed by atoms with Gasteiger partial charge in [0, 0.05) is 31.6 Å². The lowest BCUT2D eigenvalue weighted by Crippen LogP contribution is -2.50. The second-order valence-corrected chi connectivity index (χ2v) is 10.4. The third-order valence-corrected chi connectivity index (χ3v) is 8.30. The highest BCUT2D eigenvalue weighted by Gasteiger charge is 2.50. The van der Waals surface area contributed by atoms with Crippen molar-refractivity contribution in [2.75, 3.05) is 29.9 Å². The second-order valence-electron chi connectivity index (χ2n) is 10.4. The minimum absolute atomic E-state index is 0.112. The van der Waals surface area contributed by atoms with Crippen LogP contribution in [-0.4, -0.2) is 58.6 Å². The summed E-state index contributed by atoms with van der Waals surface area (Å²) in [5.41, 5.74) is 0.450. The number of hydrogen-bond donors (Lipinski definition) is 2. The number of amides is 2. The zero-order chi connectivity index (χ0) is 22.1. The van der Waals surface area contributed by atoms with Gasteiger partial charge in [-0.25, -0.2) is 4.98 Å². The number of rotatable bonds is 4. The van der Waals surface area contributed by atoms with Crippen LogP contribution in [0, 0.1) is 11.3 Å². The van der Waals surface area contributed by atoms with E-state index in [1.165, 1.54) is 0 Å². The van der Waals surface area contributed by atoms with Crippen LogP contribution in [0.1, 0.15) is 70.6 Å². The highest BCUT2D eigenvalue weighted by atomic mass is 16.3. The van der Waals surface area contributed by atoms with Crippen molar-refractivity contribution in [1.29, 1.82) is 0 Å². The van der Waals surface area contributed by atoms with Gasteiger partial charge in [0.15, 0.2) is 0 Å². The van der Waals surface area contributed by atoms with Crippen molar-refractivity contribution in [1.82, 2.24) is 9.88 Å². The molecule has 1 aromatic heterocycles. The van der Waals surface area contributed by atoms with Gasteiger partial charge in [-0.1, -0.05) is 12.8 Å². The Bertz CT molecular complexity index is 830. The number of hydrogen-bond acceptors (Lipinski definition) is 5. The summed E-state index contributed by atoms with van der Waals surface area (Å²) in [5, 5.41) is 12.8. The zero-order valence-corrected chi connectivity index (χ0v) is 19.0. The lowest BCUT2D eigenvalue weighted by molar-refractivity contribution is -0.139. The van der Waals surface area contributed by atoms with Crippen LogP contribution in [0.5, 0.6) is 0 Å². The number of carbonyl (C=O) groups excluding carboxylic acids is 2. The summed E-state index contributed by atoms with van der Waals surface area (Å²) in [6, 6.07) is 4.21. The van der Waals surface area contributed by atoms with Crippen LogP contribution in [0.4, 0.5) is 11.5 Å². The maximum absolute atomic E-state index is 13.5. The predicted octanol–water partition coefficient (Wildman–Crippen LogP) is 3.33. The Morgan fingerprint density at radius 2 is 1.81 bits per heavy atom. The van der Waals surface area contributed by atoms with E-state index in [4.69, 9.17) is 0 Å². The van der Waals surface area contributed by atoms with Gasteiger partial charge < -0.3 is 20.2 Å². The van der Waals surface area contributed by atoms with E-state index in [1.54, 1.807) is 6.20 Å². The molecule has 7 heteroatoms. The Morgan fingerprint density at radius 1 is 1.03 bits per heavy atom. The second kappa shape index (κ2) is 9.00. The van der Waals surface area contributed by atoms with Crippen LogP contribution < -0.4 is 10.2 Å². The monoisotopic (exact) mass is 440 g/mol. The van der Waals surface area contributed by atoms with Gasteiger partial charge in [0.2, 0.25) is 11.8 Å². The summed E-state index contributed by atoms with van der Waals surface area (Å²) in [7, 11) is 0. The van der Waals surface area contributed by atoms with Crippen LogP contribution in [0.25, 0.3) is 0 Å². The van der Waals surface area contributed by atoms with Crippen LogP contribution in [-0.2, 0) is 9.59 Å².